The number of nitrogens with one attached hydrogen (secondary N) is 3. The molecular formula is C22H25FN3O2+. The van der Waals surface area contributed by atoms with E-state index in [9.17, 15) is 14.0 Å². The fourth-order valence-corrected chi connectivity index (χ4v) is 3.29. The van der Waals surface area contributed by atoms with Crippen molar-refractivity contribution in [3.63, 3.8) is 0 Å². The fraction of sp³-hybridized carbons (Fsp3) is 0.273. The number of para-hydroxylation sites is 1. The van der Waals surface area contributed by atoms with Gasteiger partial charge < -0.3 is 15.2 Å². The number of halogens is 1. The molecule has 0 aliphatic carbocycles. The topological polar surface area (TPSA) is 66.4 Å². The van der Waals surface area contributed by atoms with Crippen LogP contribution >= 0.6 is 0 Å². The van der Waals surface area contributed by atoms with Gasteiger partial charge in [0.05, 0.1) is 18.3 Å². The summed E-state index contributed by atoms with van der Waals surface area (Å²) in [5.41, 5.74) is 2.85. The number of fused-ring (bicyclic) bond motifs is 1. The molecule has 0 saturated heterocycles. The van der Waals surface area contributed by atoms with Gasteiger partial charge in [-0.3, -0.25) is 9.59 Å². The molecule has 1 atom stereocenters. The van der Waals surface area contributed by atoms with E-state index in [0.29, 0.717) is 17.8 Å². The minimum absolute atomic E-state index is 0.0578. The maximum absolute atomic E-state index is 13.3. The Morgan fingerprint density at radius 3 is 2.50 bits per heavy atom. The van der Waals surface area contributed by atoms with Crippen LogP contribution in [-0.4, -0.2) is 43.4 Å². The quantitative estimate of drug-likeness (QED) is 0.523. The molecule has 0 bridgehead atoms. The molecule has 1 heterocycles. The van der Waals surface area contributed by atoms with Crippen molar-refractivity contribution >= 4 is 22.6 Å². The summed E-state index contributed by atoms with van der Waals surface area (Å²) in [6, 6.07) is 13.7. The van der Waals surface area contributed by atoms with Crippen molar-refractivity contribution in [1.82, 2.24) is 10.3 Å². The Balaban J connectivity index is 1.88. The van der Waals surface area contributed by atoms with Crippen LogP contribution in [-0.2, 0) is 4.79 Å². The van der Waals surface area contributed by atoms with E-state index in [1.807, 2.05) is 38.2 Å². The Bertz CT molecular complexity index is 979. The van der Waals surface area contributed by atoms with Crippen LogP contribution in [0.15, 0.2) is 48.5 Å². The van der Waals surface area contributed by atoms with Crippen LogP contribution in [0.25, 0.3) is 22.2 Å². The Morgan fingerprint density at radius 1 is 1.07 bits per heavy atom. The first-order valence-electron chi connectivity index (χ1n) is 9.47. The summed E-state index contributed by atoms with van der Waals surface area (Å²) < 4.78 is 13.3. The van der Waals surface area contributed by atoms with Crippen LogP contribution in [0, 0.1) is 5.82 Å². The maximum Gasteiger partial charge on any atom is 0.275 e. The largest absolute Gasteiger partial charge is 0.354 e. The third kappa shape index (κ3) is 4.46. The number of hydrogen-bond donors (Lipinski definition) is 3. The second-order valence-corrected chi connectivity index (χ2v) is 7.01. The molecule has 3 N–H and O–H groups in total. The van der Waals surface area contributed by atoms with E-state index in [-0.39, 0.29) is 30.6 Å². The summed E-state index contributed by atoms with van der Waals surface area (Å²) >= 11 is 0. The third-order valence-corrected chi connectivity index (χ3v) is 4.61. The molecule has 6 heteroatoms. The zero-order valence-corrected chi connectivity index (χ0v) is 16.1. The van der Waals surface area contributed by atoms with Crippen molar-refractivity contribution in [2.75, 3.05) is 26.7 Å². The summed E-state index contributed by atoms with van der Waals surface area (Å²) in [6.07, 6.45) is 0.875. The zero-order chi connectivity index (χ0) is 20.1. The van der Waals surface area contributed by atoms with Crippen molar-refractivity contribution in [3.8, 4) is 11.3 Å². The highest BCUT2D eigenvalue weighted by atomic mass is 19.1. The van der Waals surface area contributed by atoms with Gasteiger partial charge in [-0.25, -0.2) is 4.39 Å². The Kier molecular flexibility index (Phi) is 6.21. The van der Waals surface area contributed by atoms with Gasteiger partial charge in [0, 0.05) is 17.4 Å². The lowest BCUT2D eigenvalue weighted by Crippen LogP contribution is -3.11. The minimum Gasteiger partial charge on any atom is -0.354 e. The van der Waals surface area contributed by atoms with Gasteiger partial charge in [-0.1, -0.05) is 25.1 Å². The molecule has 28 heavy (non-hydrogen) atoms. The number of aromatic amines is 1. The molecule has 0 saturated carbocycles. The van der Waals surface area contributed by atoms with Gasteiger partial charge in [-0.15, -0.1) is 0 Å². The average molecular weight is 382 g/mol. The highest BCUT2D eigenvalue weighted by molar-refractivity contribution is 6.13. The summed E-state index contributed by atoms with van der Waals surface area (Å²) in [7, 11) is 1.83. The van der Waals surface area contributed by atoms with E-state index in [1.54, 1.807) is 12.1 Å². The highest BCUT2D eigenvalue weighted by Crippen LogP contribution is 2.30. The number of amides is 1. The van der Waals surface area contributed by atoms with E-state index in [2.05, 4.69) is 10.3 Å². The number of ketones is 1. The smallest absolute Gasteiger partial charge is 0.275 e. The number of carbonyl (C=O) groups is 2. The lowest BCUT2D eigenvalue weighted by Gasteiger charge is -2.13. The number of rotatable bonds is 8. The van der Waals surface area contributed by atoms with Crippen LogP contribution in [0.4, 0.5) is 4.39 Å². The summed E-state index contributed by atoms with van der Waals surface area (Å²) in [5.74, 6) is -0.447. The molecule has 146 valence electrons. The van der Waals surface area contributed by atoms with E-state index < -0.39 is 0 Å². The number of benzene rings is 2. The molecule has 1 unspecified atom stereocenters. The van der Waals surface area contributed by atoms with E-state index in [4.69, 9.17) is 0 Å². The molecule has 2 aromatic carbocycles. The van der Waals surface area contributed by atoms with Gasteiger partial charge in [-0.05, 0) is 42.3 Å². The van der Waals surface area contributed by atoms with Crippen LogP contribution in [0.3, 0.4) is 0 Å². The van der Waals surface area contributed by atoms with Crippen LogP contribution in [0.2, 0.25) is 0 Å². The number of quaternary nitrogens is 1. The van der Waals surface area contributed by atoms with E-state index >= 15 is 0 Å². The number of H-pyrrole nitrogens is 1. The number of carbonyl (C=O) groups excluding carboxylic acids is 2. The van der Waals surface area contributed by atoms with Gasteiger partial charge >= 0.3 is 0 Å². The third-order valence-electron chi connectivity index (χ3n) is 4.61. The van der Waals surface area contributed by atoms with Gasteiger partial charge in [0.25, 0.3) is 5.91 Å². The molecule has 1 aromatic heterocycles. The molecule has 3 aromatic rings. The van der Waals surface area contributed by atoms with Crippen molar-refractivity contribution < 1.29 is 18.9 Å². The van der Waals surface area contributed by atoms with Crippen molar-refractivity contribution in [2.24, 2.45) is 0 Å². The number of aromatic nitrogens is 1. The highest BCUT2D eigenvalue weighted by Gasteiger charge is 2.23. The van der Waals surface area contributed by atoms with E-state index in [0.717, 1.165) is 27.8 Å². The molecule has 3 rings (SSSR count). The minimum atomic E-state index is -0.324. The predicted octanol–water partition coefficient (Wildman–Crippen LogP) is 2.20. The lowest BCUT2D eigenvalue weighted by molar-refractivity contribution is -0.862. The lowest BCUT2D eigenvalue weighted by atomic mass is 10.0. The predicted molar refractivity (Wildman–Crippen MR) is 108 cm³/mol. The summed E-state index contributed by atoms with van der Waals surface area (Å²) in [6.45, 7) is 3.06. The second kappa shape index (κ2) is 8.80. The molecular weight excluding hydrogens is 357 g/mol. The van der Waals surface area contributed by atoms with Gasteiger partial charge in [-0.2, -0.15) is 0 Å². The van der Waals surface area contributed by atoms with Crippen LogP contribution < -0.4 is 10.2 Å². The number of Topliss-reactive ketones (excluding diaryl/α,β-unsaturated/α-hetero) is 1. The van der Waals surface area contributed by atoms with E-state index in [1.165, 1.54) is 12.1 Å². The Hall–Kier alpha value is -2.99. The van der Waals surface area contributed by atoms with Crippen LogP contribution in [0.1, 0.15) is 23.7 Å². The first-order chi connectivity index (χ1) is 13.5. The van der Waals surface area contributed by atoms with Gasteiger partial charge in [0.15, 0.2) is 6.54 Å². The molecule has 0 spiro atoms. The molecule has 5 nitrogen and oxygen atoms in total. The van der Waals surface area contributed by atoms with Crippen molar-refractivity contribution in [3.05, 3.63) is 59.9 Å². The molecule has 0 fully saturated rings. The van der Waals surface area contributed by atoms with Crippen molar-refractivity contribution in [1.29, 1.82) is 0 Å². The normalized spacial score (nSPS) is 12.1. The number of hydrogen-bond acceptors (Lipinski definition) is 2. The zero-order valence-electron chi connectivity index (χ0n) is 16.1. The fourth-order valence-electron chi connectivity index (χ4n) is 3.29. The summed E-state index contributed by atoms with van der Waals surface area (Å²) in [4.78, 5) is 29.2. The average Bonchev–Trinajstić information content (AvgIpc) is 3.06. The molecule has 0 aliphatic heterocycles. The first kappa shape index (κ1) is 19.8. The van der Waals surface area contributed by atoms with Crippen LogP contribution in [0.5, 0.6) is 0 Å². The standard InChI is InChI=1S/C22H24FN3O2/c1-3-12-24-20(28)14-26(2)13-19(27)21-17-6-4-5-7-18(17)25-22(21)15-8-10-16(23)11-9-15/h4-11,25H,3,12-14H2,1-2H3,(H,24,28)/p+1. The van der Waals surface area contributed by atoms with Crippen molar-refractivity contribution in [2.45, 2.75) is 13.3 Å². The second-order valence-electron chi connectivity index (χ2n) is 7.01. The molecule has 1 amide bonds. The molecule has 0 aliphatic rings. The van der Waals surface area contributed by atoms with Gasteiger partial charge in [0.1, 0.15) is 12.4 Å². The van der Waals surface area contributed by atoms with Gasteiger partial charge in [0.2, 0.25) is 5.78 Å². The maximum atomic E-state index is 13.3. The first-order valence-corrected chi connectivity index (χ1v) is 9.47. The Labute approximate surface area is 163 Å². The SMILES string of the molecule is CCCNC(=O)C[NH+](C)CC(=O)c1c(-c2ccc(F)cc2)[nH]c2ccccc12. The monoisotopic (exact) mass is 382 g/mol. The summed E-state index contributed by atoms with van der Waals surface area (Å²) in [5, 5.41) is 3.66. The molecule has 0 radical (unpaired) electrons. The Morgan fingerprint density at radius 2 is 1.79 bits per heavy atom. The number of likely N-dealkylation sites (N-methyl/N-ethyl adjacent to an activating group) is 1.